The molecule has 2 unspecified atom stereocenters. The second-order valence-electron chi connectivity index (χ2n) is 6.31. The molecule has 21 heavy (non-hydrogen) atoms. The van der Waals surface area contributed by atoms with E-state index in [0.717, 1.165) is 48.8 Å². The Morgan fingerprint density at radius 1 is 1.10 bits per heavy atom. The summed E-state index contributed by atoms with van der Waals surface area (Å²) in [6.45, 7) is 4.98. The van der Waals surface area contributed by atoms with Gasteiger partial charge in [0.15, 0.2) is 0 Å². The summed E-state index contributed by atoms with van der Waals surface area (Å²) < 4.78 is 0. The Bertz CT molecular complexity index is 501. The molecule has 1 aromatic heterocycles. The van der Waals surface area contributed by atoms with Crippen LogP contribution in [0.1, 0.15) is 62.8 Å². The summed E-state index contributed by atoms with van der Waals surface area (Å²) in [5.41, 5.74) is 1.05. The van der Waals surface area contributed by atoms with Crippen molar-refractivity contribution < 1.29 is 5.11 Å². The maximum atomic E-state index is 10.2. The molecule has 2 aliphatic carbocycles. The molecule has 5 heteroatoms. The number of nitrogens with zero attached hydrogens (tertiary/aromatic N) is 2. The third-order valence-electron chi connectivity index (χ3n) is 4.50. The first-order chi connectivity index (χ1) is 10.2. The fraction of sp³-hybridized carbons (Fsp3) is 0.750. The third kappa shape index (κ3) is 3.28. The van der Waals surface area contributed by atoms with E-state index in [1.165, 1.54) is 19.3 Å². The van der Waals surface area contributed by atoms with Gasteiger partial charge in [-0.1, -0.05) is 12.8 Å². The second-order valence-corrected chi connectivity index (χ2v) is 6.31. The van der Waals surface area contributed by atoms with Crippen LogP contribution in [0.3, 0.4) is 0 Å². The Morgan fingerprint density at radius 2 is 1.81 bits per heavy atom. The molecule has 116 valence electrons. The number of hydrogen-bond acceptors (Lipinski definition) is 5. The molecule has 3 rings (SSSR count). The minimum atomic E-state index is -0.264. The molecule has 2 saturated carbocycles. The molecule has 0 radical (unpaired) electrons. The number of aromatic nitrogens is 2. The third-order valence-corrected chi connectivity index (χ3v) is 4.50. The molecular weight excluding hydrogens is 264 g/mol. The van der Waals surface area contributed by atoms with Crippen molar-refractivity contribution in [3.8, 4) is 0 Å². The number of aliphatic hydroxyl groups is 1. The molecule has 0 saturated heterocycles. The highest BCUT2D eigenvalue weighted by molar-refractivity contribution is 5.58. The van der Waals surface area contributed by atoms with Gasteiger partial charge >= 0.3 is 0 Å². The van der Waals surface area contributed by atoms with E-state index in [0.29, 0.717) is 5.92 Å². The van der Waals surface area contributed by atoms with Gasteiger partial charge in [0.25, 0.3) is 0 Å². The molecule has 5 nitrogen and oxygen atoms in total. The first kappa shape index (κ1) is 14.6. The monoisotopic (exact) mass is 290 g/mol. The van der Waals surface area contributed by atoms with Gasteiger partial charge in [0.1, 0.15) is 17.5 Å². The lowest BCUT2D eigenvalue weighted by Crippen LogP contribution is -2.37. The van der Waals surface area contributed by atoms with E-state index in [9.17, 15) is 5.11 Å². The SMILES string of the molecule is CCNc1nc(C2CC2)nc(NC2CCCCC2O)c1C. The van der Waals surface area contributed by atoms with E-state index in [4.69, 9.17) is 4.98 Å². The summed E-state index contributed by atoms with van der Waals surface area (Å²) in [7, 11) is 0. The summed E-state index contributed by atoms with van der Waals surface area (Å²) in [5, 5.41) is 17.0. The molecule has 2 fully saturated rings. The largest absolute Gasteiger partial charge is 0.391 e. The number of hydrogen-bond donors (Lipinski definition) is 3. The summed E-state index contributed by atoms with van der Waals surface area (Å²) in [5.74, 6) is 3.31. The minimum absolute atomic E-state index is 0.119. The van der Waals surface area contributed by atoms with Gasteiger partial charge in [-0.05, 0) is 39.5 Å². The Kier molecular flexibility index (Phi) is 4.29. The normalized spacial score (nSPS) is 25.7. The van der Waals surface area contributed by atoms with Crippen LogP contribution in [0.15, 0.2) is 0 Å². The molecule has 0 amide bonds. The molecule has 3 N–H and O–H groups in total. The van der Waals surface area contributed by atoms with Gasteiger partial charge in [-0.3, -0.25) is 0 Å². The average Bonchev–Trinajstić information content (AvgIpc) is 3.30. The van der Waals surface area contributed by atoms with E-state index in [1.54, 1.807) is 0 Å². The van der Waals surface area contributed by atoms with Gasteiger partial charge in [0, 0.05) is 18.0 Å². The molecule has 1 heterocycles. The maximum absolute atomic E-state index is 10.2. The van der Waals surface area contributed by atoms with E-state index >= 15 is 0 Å². The van der Waals surface area contributed by atoms with Crippen LogP contribution in [0, 0.1) is 6.92 Å². The Hall–Kier alpha value is -1.36. The lowest BCUT2D eigenvalue weighted by atomic mass is 9.92. The van der Waals surface area contributed by atoms with E-state index in [-0.39, 0.29) is 12.1 Å². The summed E-state index contributed by atoms with van der Waals surface area (Å²) in [6.07, 6.45) is 6.32. The molecule has 0 spiro atoms. The van der Waals surface area contributed by atoms with Crippen molar-refractivity contribution in [2.45, 2.75) is 70.4 Å². The van der Waals surface area contributed by atoms with E-state index in [2.05, 4.69) is 22.5 Å². The first-order valence-electron chi connectivity index (χ1n) is 8.26. The van der Waals surface area contributed by atoms with Crippen LogP contribution in [0.2, 0.25) is 0 Å². The molecule has 2 aliphatic rings. The summed E-state index contributed by atoms with van der Waals surface area (Å²) in [6, 6.07) is 0.119. The lowest BCUT2D eigenvalue weighted by Gasteiger charge is -2.29. The number of rotatable bonds is 5. The van der Waals surface area contributed by atoms with Crippen molar-refractivity contribution >= 4 is 11.6 Å². The summed E-state index contributed by atoms with van der Waals surface area (Å²) >= 11 is 0. The lowest BCUT2D eigenvalue weighted by molar-refractivity contribution is 0.116. The Balaban J connectivity index is 1.84. The van der Waals surface area contributed by atoms with Crippen molar-refractivity contribution in [3.63, 3.8) is 0 Å². The standard InChI is InChI=1S/C16H26N4O/c1-3-17-14-10(2)15(20-16(19-14)11-8-9-11)18-12-6-4-5-7-13(12)21/h11-13,21H,3-9H2,1-2H3,(H2,17,18,19,20). The highest BCUT2D eigenvalue weighted by atomic mass is 16.3. The van der Waals surface area contributed by atoms with Crippen LogP contribution in [0.5, 0.6) is 0 Å². The average molecular weight is 290 g/mol. The van der Waals surface area contributed by atoms with Gasteiger partial charge in [-0.25, -0.2) is 9.97 Å². The van der Waals surface area contributed by atoms with E-state index < -0.39 is 0 Å². The van der Waals surface area contributed by atoms with Gasteiger partial charge in [-0.15, -0.1) is 0 Å². The van der Waals surface area contributed by atoms with Crippen LogP contribution < -0.4 is 10.6 Å². The van der Waals surface area contributed by atoms with Crippen molar-refractivity contribution in [3.05, 3.63) is 11.4 Å². The van der Waals surface area contributed by atoms with Crippen molar-refractivity contribution in [2.75, 3.05) is 17.2 Å². The van der Waals surface area contributed by atoms with E-state index in [1.807, 2.05) is 6.92 Å². The van der Waals surface area contributed by atoms with Crippen molar-refractivity contribution in [1.82, 2.24) is 9.97 Å². The van der Waals surface area contributed by atoms with Crippen molar-refractivity contribution in [1.29, 1.82) is 0 Å². The van der Waals surface area contributed by atoms with Gasteiger partial charge in [-0.2, -0.15) is 0 Å². The molecule has 2 atom stereocenters. The van der Waals surface area contributed by atoms with Crippen LogP contribution >= 0.6 is 0 Å². The zero-order chi connectivity index (χ0) is 14.8. The molecule has 0 aliphatic heterocycles. The predicted molar refractivity (Wildman–Crippen MR) is 84.8 cm³/mol. The Morgan fingerprint density at radius 3 is 2.48 bits per heavy atom. The van der Waals surface area contributed by atoms with Crippen LogP contribution in [-0.2, 0) is 0 Å². The molecule has 1 aromatic rings. The predicted octanol–water partition coefficient (Wildman–Crippen LogP) is 2.81. The van der Waals surface area contributed by atoms with Crippen LogP contribution in [-0.4, -0.2) is 33.8 Å². The maximum Gasteiger partial charge on any atom is 0.136 e. The summed E-state index contributed by atoms with van der Waals surface area (Å²) in [4.78, 5) is 9.40. The van der Waals surface area contributed by atoms with Gasteiger partial charge < -0.3 is 15.7 Å². The zero-order valence-corrected chi connectivity index (χ0v) is 13.0. The number of nitrogens with one attached hydrogen (secondary N) is 2. The quantitative estimate of drug-likeness (QED) is 0.778. The smallest absolute Gasteiger partial charge is 0.136 e. The molecule has 0 aromatic carbocycles. The molecular formula is C16H26N4O. The number of aliphatic hydroxyl groups excluding tert-OH is 1. The minimum Gasteiger partial charge on any atom is -0.391 e. The van der Waals surface area contributed by atoms with Gasteiger partial charge in [0.05, 0.1) is 12.1 Å². The first-order valence-corrected chi connectivity index (χ1v) is 8.26. The van der Waals surface area contributed by atoms with Crippen molar-refractivity contribution in [2.24, 2.45) is 0 Å². The fourth-order valence-electron chi connectivity index (χ4n) is 2.99. The molecule has 0 bridgehead atoms. The highest BCUT2D eigenvalue weighted by Gasteiger charge is 2.29. The highest BCUT2D eigenvalue weighted by Crippen LogP contribution is 2.39. The Labute approximate surface area is 126 Å². The van der Waals surface area contributed by atoms with Crippen LogP contribution in [0.25, 0.3) is 0 Å². The topological polar surface area (TPSA) is 70.1 Å². The van der Waals surface area contributed by atoms with Gasteiger partial charge in [0.2, 0.25) is 0 Å². The zero-order valence-electron chi connectivity index (χ0n) is 13.0. The number of anilines is 2. The second kappa shape index (κ2) is 6.18. The van der Waals surface area contributed by atoms with Crippen LogP contribution in [0.4, 0.5) is 11.6 Å². The fourth-order valence-corrected chi connectivity index (χ4v) is 2.99.